The second-order valence-electron chi connectivity index (χ2n) is 5.65. The van der Waals surface area contributed by atoms with Crippen molar-refractivity contribution in [1.29, 1.82) is 0 Å². The molecule has 1 aromatic heterocycles. The zero-order valence-corrected chi connectivity index (χ0v) is 12.7. The molecule has 0 aliphatic heterocycles. The summed E-state index contributed by atoms with van der Waals surface area (Å²) in [5.41, 5.74) is 3.89. The highest BCUT2D eigenvalue weighted by molar-refractivity contribution is 5.30. The van der Waals surface area contributed by atoms with Gasteiger partial charge in [0.2, 0.25) is 0 Å². The van der Waals surface area contributed by atoms with Crippen molar-refractivity contribution in [2.24, 2.45) is 0 Å². The summed E-state index contributed by atoms with van der Waals surface area (Å²) in [6.45, 7) is 2.21. The highest BCUT2D eigenvalue weighted by Crippen LogP contribution is 2.30. The molecule has 0 saturated carbocycles. The van der Waals surface area contributed by atoms with Crippen LogP contribution < -0.4 is 10.1 Å². The van der Waals surface area contributed by atoms with Gasteiger partial charge in [-0.05, 0) is 55.5 Å². The van der Waals surface area contributed by atoms with Gasteiger partial charge in [0, 0.05) is 12.2 Å². The topological polar surface area (TPSA) is 34.1 Å². The van der Waals surface area contributed by atoms with Gasteiger partial charge in [-0.2, -0.15) is 0 Å². The van der Waals surface area contributed by atoms with Crippen molar-refractivity contribution >= 4 is 0 Å². The summed E-state index contributed by atoms with van der Waals surface area (Å²) in [5, 5.41) is 3.73. The molecule has 2 aromatic rings. The molecule has 1 aromatic carbocycles. The van der Waals surface area contributed by atoms with E-state index in [1.54, 1.807) is 7.11 Å². The quantitative estimate of drug-likeness (QED) is 0.925. The predicted octanol–water partition coefficient (Wildman–Crippen LogP) is 3.82. The summed E-state index contributed by atoms with van der Waals surface area (Å²) in [4.78, 5) is 4.59. The zero-order chi connectivity index (χ0) is 14.7. The molecule has 1 aliphatic rings. The number of hydrogen-bond acceptors (Lipinski definition) is 3. The molecule has 0 radical (unpaired) electrons. The van der Waals surface area contributed by atoms with E-state index in [9.17, 15) is 0 Å². The van der Waals surface area contributed by atoms with Crippen LogP contribution in [0, 0.1) is 0 Å². The summed E-state index contributed by atoms with van der Waals surface area (Å²) in [5.74, 6) is 0.899. The minimum atomic E-state index is 0.300. The number of benzene rings is 1. The minimum Gasteiger partial charge on any atom is -0.497 e. The normalized spacial score (nSPS) is 18.9. The first-order valence-electron chi connectivity index (χ1n) is 7.61. The Kier molecular flexibility index (Phi) is 4.20. The Morgan fingerprint density at radius 1 is 1.24 bits per heavy atom. The molecule has 0 spiro atoms. The summed E-state index contributed by atoms with van der Waals surface area (Å²) in [7, 11) is 1.70. The molecule has 2 unspecified atom stereocenters. The van der Waals surface area contributed by atoms with Crippen molar-refractivity contribution < 1.29 is 4.74 Å². The number of aromatic nitrogens is 1. The molecule has 2 atom stereocenters. The van der Waals surface area contributed by atoms with Crippen LogP contribution in [0.25, 0.3) is 0 Å². The molecule has 1 N–H and O–H groups in total. The molecule has 3 heteroatoms. The van der Waals surface area contributed by atoms with E-state index in [0.29, 0.717) is 12.1 Å². The van der Waals surface area contributed by atoms with Gasteiger partial charge in [0.25, 0.3) is 0 Å². The molecule has 1 aliphatic carbocycles. The molecule has 3 nitrogen and oxygen atoms in total. The number of ether oxygens (including phenoxy) is 1. The molecule has 0 fully saturated rings. The molecule has 1 heterocycles. The lowest BCUT2D eigenvalue weighted by atomic mass is 9.91. The smallest absolute Gasteiger partial charge is 0.118 e. The van der Waals surface area contributed by atoms with E-state index in [2.05, 4.69) is 35.4 Å². The van der Waals surface area contributed by atoms with Gasteiger partial charge in [0.1, 0.15) is 5.75 Å². The number of hydrogen-bond donors (Lipinski definition) is 1. The predicted molar refractivity (Wildman–Crippen MR) is 84.5 cm³/mol. The number of pyridine rings is 1. The second kappa shape index (κ2) is 6.27. The highest BCUT2D eigenvalue weighted by Gasteiger charge is 2.22. The van der Waals surface area contributed by atoms with Crippen LogP contribution in [0.3, 0.4) is 0 Å². The number of rotatable bonds is 4. The lowest BCUT2D eigenvalue weighted by Crippen LogP contribution is -2.28. The maximum atomic E-state index is 5.21. The van der Waals surface area contributed by atoms with E-state index in [1.165, 1.54) is 23.2 Å². The second-order valence-corrected chi connectivity index (χ2v) is 5.65. The highest BCUT2D eigenvalue weighted by atomic mass is 16.5. The van der Waals surface area contributed by atoms with E-state index in [1.807, 2.05) is 24.4 Å². The standard InChI is InChI=1S/C18H22N2O/c1-13(14-8-10-16(21-2)11-9-14)20-17-7-3-5-15-6-4-12-19-18(15)17/h4,6,8-13,17,20H,3,5,7H2,1-2H3. The van der Waals surface area contributed by atoms with Crippen molar-refractivity contribution in [2.45, 2.75) is 38.3 Å². The van der Waals surface area contributed by atoms with E-state index >= 15 is 0 Å². The maximum absolute atomic E-state index is 5.21. The Labute approximate surface area is 126 Å². The molecule has 0 amide bonds. The van der Waals surface area contributed by atoms with Crippen molar-refractivity contribution in [3.63, 3.8) is 0 Å². The van der Waals surface area contributed by atoms with Crippen LogP contribution in [-0.2, 0) is 6.42 Å². The lowest BCUT2D eigenvalue weighted by molar-refractivity contribution is 0.403. The lowest BCUT2D eigenvalue weighted by Gasteiger charge is -2.28. The largest absolute Gasteiger partial charge is 0.497 e. The maximum Gasteiger partial charge on any atom is 0.118 e. The van der Waals surface area contributed by atoms with Gasteiger partial charge < -0.3 is 10.1 Å². The Balaban J connectivity index is 1.74. The average Bonchev–Trinajstić information content (AvgIpc) is 2.55. The summed E-state index contributed by atoms with van der Waals surface area (Å²) in [6.07, 6.45) is 5.44. The molecule has 3 rings (SSSR count). The van der Waals surface area contributed by atoms with Gasteiger partial charge in [-0.1, -0.05) is 18.2 Å². The number of nitrogens with zero attached hydrogens (tertiary/aromatic N) is 1. The van der Waals surface area contributed by atoms with Crippen molar-refractivity contribution in [3.8, 4) is 5.75 Å². The van der Waals surface area contributed by atoms with E-state index in [0.717, 1.165) is 18.6 Å². The zero-order valence-electron chi connectivity index (χ0n) is 12.7. The summed E-state index contributed by atoms with van der Waals surface area (Å²) in [6, 6.07) is 13.2. The number of aryl methyl sites for hydroxylation is 1. The fourth-order valence-corrected chi connectivity index (χ4v) is 3.06. The molecule has 110 valence electrons. The van der Waals surface area contributed by atoms with Crippen LogP contribution in [-0.4, -0.2) is 12.1 Å². The average molecular weight is 282 g/mol. The van der Waals surface area contributed by atoms with E-state index in [-0.39, 0.29) is 0 Å². The SMILES string of the molecule is COc1ccc(C(C)NC2CCCc3cccnc32)cc1. The van der Waals surface area contributed by atoms with Crippen LogP contribution in [0.4, 0.5) is 0 Å². The van der Waals surface area contributed by atoms with Crippen LogP contribution in [0.1, 0.15) is 48.7 Å². The van der Waals surface area contributed by atoms with Gasteiger partial charge >= 0.3 is 0 Å². The molecule has 21 heavy (non-hydrogen) atoms. The first kappa shape index (κ1) is 14.1. The molecular formula is C18H22N2O. The van der Waals surface area contributed by atoms with Gasteiger partial charge in [0.05, 0.1) is 18.8 Å². The third-order valence-electron chi connectivity index (χ3n) is 4.26. The van der Waals surface area contributed by atoms with Gasteiger partial charge in [-0.25, -0.2) is 0 Å². The number of methoxy groups -OCH3 is 1. The summed E-state index contributed by atoms with van der Waals surface area (Å²) >= 11 is 0. The Bertz CT molecular complexity index is 594. The van der Waals surface area contributed by atoms with Crippen molar-refractivity contribution in [2.75, 3.05) is 7.11 Å². The third-order valence-corrected chi connectivity index (χ3v) is 4.26. The van der Waals surface area contributed by atoms with E-state index < -0.39 is 0 Å². The Hall–Kier alpha value is -1.87. The van der Waals surface area contributed by atoms with Crippen LogP contribution in [0.2, 0.25) is 0 Å². The third kappa shape index (κ3) is 3.08. The molecular weight excluding hydrogens is 260 g/mol. The molecule has 0 bridgehead atoms. The number of fused-ring (bicyclic) bond motifs is 1. The van der Waals surface area contributed by atoms with Gasteiger partial charge in [0.15, 0.2) is 0 Å². The first-order valence-corrected chi connectivity index (χ1v) is 7.61. The fourth-order valence-electron chi connectivity index (χ4n) is 3.06. The van der Waals surface area contributed by atoms with Crippen molar-refractivity contribution in [3.05, 3.63) is 59.4 Å². The van der Waals surface area contributed by atoms with E-state index in [4.69, 9.17) is 4.74 Å². The monoisotopic (exact) mass is 282 g/mol. The van der Waals surface area contributed by atoms with Gasteiger partial charge in [-0.3, -0.25) is 4.98 Å². The van der Waals surface area contributed by atoms with Crippen molar-refractivity contribution in [1.82, 2.24) is 10.3 Å². The molecule has 0 saturated heterocycles. The fraction of sp³-hybridized carbons (Fsp3) is 0.389. The van der Waals surface area contributed by atoms with Crippen LogP contribution >= 0.6 is 0 Å². The minimum absolute atomic E-state index is 0.300. The Morgan fingerprint density at radius 3 is 2.81 bits per heavy atom. The first-order chi connectivity index (χ1) is 10.3. The summed E-state index contributed by atoms with van der Waals surface area (Å²) < 4.78 is 5.21. The number of nitrogens with one attached hydrogen (secondary N) is 1. The van der Waals surface area contributed by atoms with Crippen LogP contribution in [0.15, 0.2) is 42.6 Å². The Morgan fingerprint density at radius 2 is 2.05 bits per heavy atom. The van der Waals surface area contributed by atoms with Crippen LogP contribution in [0.5, 0.6) is 5.75 Å². The van der Waals surface area contributed by atoms with Gasteiger partial charge in [-0.15, -0.1) is 0 Å².